The molecule has 7 heteroatoms. The molecule has 3 rings (SSSR count). The Hall–Kier alpha value is -2.41. The minimum absolute atomic E-state index is 0.0208. The number of rotatable bonds is 4. The number of amides is 1. The van der Waals surface area contributed by atoms with Gasteiger partial charge in [0.15, 0.2) is 0 Å². The number of anilines is 1. The van der Waals surface area contributed by atoms with Crippen LogP contribution in [0.2, 0.25) is 0 Å². The summed E-state index contributed by atoms with van der Waals surface area (Å²) in [6, 6.07) is 3.74. The van der Waals surface area contributed by atoms with Gasteiger partial charge >= 0.3 is 0 Å². The molecule has 1 aliphatic heterocycles. The summed E-state index contributed by atoms with van der Waals surface area (Å²) in [6.07, 6.45) is 5.21. The van der Waals surface area contributed by atoms with E-state index >= 15 is 0 Å². The number of nitrogens with zero attached hydrogens (tertiary/aromatic N) is 4. The number of aromatic amines is 1. The van der Waals surface area contributed by atoms with E-state index in [4.69, 9.17) is 0 Å². The summed E-state index contributed by atoms with van der Waals surface area (Å²) in [6.45, 7) is 5.26. The predicted molar refractivity (Wildman–Crippen MR) is 88.3 cm³/mol. The van der Waals surface area contributed by atoms with Gasteiger partial charge in [0.05, 0.1) is 11.6 Å². The minimum atomic E-state index is 0.0208. The van der Waals surface area contributed by atoms with Crippen LogP contribution in [0, 0.1) is 0 Å². The number of aromatic nitrogens is 3. The molecule has 7 nitrogen and oxygen atoms in total. The van der Waals surface area contributed by atoms with Crippen molar-refractivity contribution < 1.29 is 4.79 Å². The van der Waals surface area contributed by atoms with Crippen molar-refractivity contribution in [3.05, 3.63) is 42.1 Å². The Bertz CT molecular complexity index is 639. The highest BCUT2D eigenvalue weighted by atomic mass is 16.2. The fraction of sp³-hybridized carbons (Fsp3) is 0.438. The lowest BCUT2D eigenvalue weighted by Gasteiger charge is -2.40. The Morgan fingerprint density at radius 3 is 2.87 bits per heavy atom. The van der Waals surface area contributed by atoms with E-state index in [1.807, 2.05) is 30.3 Å². The van der Waals surface area contributed by atoms with Gasteiger partial charge in [-0.05, 0) is 18.7 Å². The Kier molecular flexibility index (Phi) is 4.57. The molecule has 1 aliphatic rings. The maximum atomic E-state index is 12.7. The molecular formula is C16H22N6O. The van der Waals surface area contributed by atoms with E-state index in [-0.39, 0.29) is 11.9 Å². The maximum Gasteiger partial charge on any atom is 0.255 e. The van der Waals surface area contributed by atoms with E-state index in [9.17, 15) is 4.79 Å². The van der Waals surface area contributed by atoms with E-state index in [1.165, 1.54) is 0 Å². The van der Waals surface area contributed by atoms with Gasteiger partial charge in [-0.1, -0.05) is 6.92 Å². The molecular weight excluding hydrogens is 292 g/mol. The molecule has 0 aliphatic carbocycles. The quantitative estimate of drug-likeness (QED) is 0.891. The summed E-state index contributed by atoms with van der Waals surface area (Å²) in [5.41, 5.74) is 0.618. The Morgan fingerprint density at radius 2 is 2.26 bits per heavy atom. The zero-order chi connectivity index (χ0) is 16.2. The first-order chi connectivity index (χ1) is 11.2. The van der Waals surface area contributed by atoms with Crippen LogP contribution in [0.4, 0.5) is 5.82 Å². The fourth-order valence-electron chi connectivity index (χ4n) is 2.95. The highest BCUT2D eigenvalue weighted by molar-refractivity contribution is 5.94. The second-order valence-electron chi connectivity index (χ2n) is 5.55. The maximum absolute atomic E-state index is 12.7. The van der Waals surface area contributed by atoms with Crippen molar-refractivity contribution in [2.75, 3.05) is 38.5 Å². The van der Waals surface area contributed by atoms with Crippen molar-refractivity contribution in [2.24, 2.45) is 0 Å². The molecule has 3 heterocycles. The molecule has 2 aromatic heterocycles. The van der Waals surface area contributed by atoms with Crippen molar-refractivity contribution in [3.63, 3.8) is 0 Å². The van der Waals surface area contributed by atoms with Crippen LogP contribution in [0.3, 0.4) is 0 Å². The van der Waals surface area contributed by atoms with Crippen LogP contribution in [0.15, 0.2) is 30.7 Å². The number of imidazole rings is 1. The predicted octanol–water partition coefficient (Wildman–Crippen LogP) is 1.37. The summed E-state index contributed by atoms with van der Waals surface area (Å²) < 4.78 is 0. The highest BCUT2D eigenvalue weighted by Crippen LogP contribution is 2.23. The SMILES string of the molecule is CCN1CCN(C(=O)c2ccc(NC)nc2)C[C@H]1c1ncc[nH]1. The lowest BCUT2D eigenvalue weighted by atomic mass is 10.1. The van der Waals surface area contributed by atoms with Gasteiger partial charge in [-0.2, -0.15) is 0 Å². The average Bonchev–Trinajstić information content (AvgIpc) is 3.15. The minimum Gasteiger partial charge on any atom is -0.373 e. The molecule has 0 spiro atoms. The molecule has 2 N–H and O–H groups in total. The molecule has 0 bridgehead atoms. The second kappa shape index (κ2) is 6.78. The average molecular weight is 314 g/mol. The zero-order valence-electron chi connectivity index (χ0n) is 13.5. The van der Waals surface area contributed by atoms with Gasteiger partial charge in [-0.15, -0.1) is 0 Å². The number of carbonyl (C=O) groups is 1. The molecule has 122 valence electrons. The van der Waals surface area contributed by atoms with Gasteiger partial charge in [-0.3, -0.25) is 9.69 Å². The van der Waals surface area contributed by atoms with Crippen LogP contribution in [-0.2, 0) is 0 Å². The first-order valence-corrected chi connectivity index (χ1v) is 7.89. The highest BCUT2D eigenvalue weighted by Gasteiger charge is 2.31. The Labute approximate surface area is 135 Å². The first kappa shape index (κ1) is 15.5. The van der Waals surface area contributed by atoms with Crippen LogP contribution in [-0.4, -0.2) is 63.9 Å². The van der Waals surface area contributed by atoms with Gasteiger partial charge in [-0.25, -0.2) is 9.97 Å². The summed E-state index contributed by atoms with van der Waals surface area (Å²) in [5, 5.41) is 2.96. The third-order valence-electron chi connectivity index (χ3n) is 4.29. The number of pyridine rings is 1. The normalized spacial score (nSPS) is 18.9. The number of hydrogen-bond acceptors (Lipinski definition) is 5. The molecule has 1 amide bonds. The number of hydrogen-bond donors (Lipinski definition) is 2. The standard InChI is InChI=1S/C16H22N6O/c1-3-21-8-9-22(11-13(21)15-18-6-7-19-15)16(23)12-4-5-14(17-2)20-10-12/h4-7,10,13H,3,8-9,11H2,1-2H3,(H,17,20)(H,18,19)/t13-/m0/s1. The topological polar surface area (TPSA) is 77.2 Å². The van der Waals surface area contributed by atoms with E-state index < -0.39 is 0 Å². The number of likely N-dealkylation sites (N-methyl/N-ethyl adjacent to an activating group) is 1. The van der Waals surface area contributed by atoms with E-state index in [0.717, 1.165) is 31.3 Å². The van der Waals surface area contributed by atoms with Gasteiger partial charge in [0, 0.05) is 45.3 Å². The largest absolute Gasteiger partial charge is 0.373 e. The molecule has 0 radical (unpaired) electrons. The van der Waals surface area contributed by atoms with Crippen LogP contribution in [0.5, 0.6) is 0 Å². The van der Waals surface area contributed by atoms with E-state index in [2.05, 4.69) is 32.1 Å². The van der Waals surface area contributed by atoms with Crippen LogP contribution < -0.4 is 5.32 Å². The van der Waals surface area contributed by atoms with Gasteiger partial charge in [0.1, 0.15) is 11.6 Å². The third-order valence-corrected chi connectivity index (χ3v) is 4.29. The number of H-pyrrole nitrogens is 1. The molecule has 2 aromatic rings. The smallest absolute Gasteiger partial charge is 0.255 e. The molecule has 1 fully saturated rings. The molecule has 23 heavy (non-hydrogen) atoms. The zero-order valence-corrected chi connectivity index (χ0v) is 13.5. The van der Waals surface area contributed by atoms with Gasteiger partial charge < -0.3 is 15.2 Å². The fourth-order valence-corrected chi connectivity index (χ4v) is 2.95. The molecule has 1 atom stereocenters. The van der Waals surface area contributed by atoms with Crippen molar-refractivity contribution in [3.8, 4) is 0 Å². The molecule has 0 saturated carbocycles. The van der Waals surface area contributed by atoms with Gasteiger partial charge in [0.2, 0.25) is 0 Å². The Balaban J connectivity index is 1.76. The van der Waals surface area contributed by atoms with Gasteiger partial charge in [0.25, 0.3) is 5.91 Å². The van der Waals surface area contributed by atoms with Crippen LogP contribution in [0.1, 0.15) is 29.1 Å². The summed E-state index contributed by atoms with van der Waals surface area (Å²) >= 11 is 0. The van der Waals surface area contributed by atoms with Crippen molar-refractivity contribution >= 4 is 11.7 Å². The Morgan fingerprint density at radius 1 is 1.39 bits per heavy atom. The third kappa shape index (κ3) is 3.19. The monoisotopic (exact) mass is 314 g/mol. The summed E-state index contributed by atoms with van der Waals surface area (Å²) in [5.74, 6) is 1.69. The van der Waals surface area contributed by atoms with Crippen molar-refractivity contribution in [1.82, 2.24) is 24.8 Å². The van der Waals surface area contributed by atoms with Crippen molar-refractivity contribution in [2.45, 2.75) is 13.0 Å². The van der Waals surface area contributed by atoms with Crippen LogP contribution in [0.25, 0.3) is 0 Å². The van der Waals surface area contributed by atoms with E-state index in [0.29, 0.717) is 12.1 Å². The second-order valence-corrected chi connectivity index (χ2v) is 5.55. The summed E-state index contributed by atoms with van der Waals surface area (Å²) in [4.78, 5) is 28.7. The first-order valence-electron chi connectivity index (χ1n) is 7.89. The van der Waals surface area contributed by atoms with E-state index in [1.54, 1.807) is 12.4 Å². The number of piperazine rings is 1. The van der Waals surface area contributed by atoms with Crippen LogP contribution >= 0.6 is 0 Å². The summed E-state index contributed by atoms with van der Waals surface area (Å²) in [7, 11) is 1.81. The number of carbonyl (C=O) groups excluding carboxylic acids is 1. The molecule has 1 saturated heterocycles. The van der Waals surface area contributed by atoms with Crippen molar-refractivity contribution in [1.29, 1.82) is 0 Å². The molecule has 0 aromatic carbocycles. The lowest BCUT2D eigenvalue weighted by molar-refractivity contribution is 0.0479. The molecule has 0 unspecified atom stereocenters. The lowest BCUT2D eigenvalue weighted by Crippen LogP contribution is -2.50. The number of nitrogens with one attached hydrogen (secondary N) is 2.